The van der Waals surface area contributed by atoms with Gasteiger partial charge in [0.05, 0.1) is 6.07 Å². The Hall–Kier alpha value is -1.79. The largest absolute Gasteiger partial charge is 0.361 e. The van der Waals surface area contributed by atoms with E-state index >= 15 is 0 Å². The van der Waals surface area contributed by atoms with Gasteiger partial charge in [0, 0.05) is 29.6 Å². The number of rotatable bonds is 3. The number of piperidine rings is 1. The Morgan fingerprint density at radius 2 is 2.05 bits per heavy atom. The number of H-pyrrole nitrogens is 1. The normalized spacial score (nSPS) is 17.6. The summed E-state index contributed by atoms with van der Waals surface area (Å²) in [6.45, 7) is 3.24. The Kier molecular flexibility index (Phi) is 3.52. The van der Waals surface area contributed by atoms with E-state index in [1.54, 1.807) is 0 Å². The number of hydrogen-bond acceptors (Lipinski definition) is 2. The van der Waals surface area contributed by atoms with Crippen LogP contribution in [0.5, 0.6) is 0 Å². The van der Waals surface area contributed by atoms with Gasteiger partial charge < -0.3 is 9.88 Å². The summed E-state index contributed by atoms with van der Waals surface area (Å²) in [7, 11) is 0. The molecule has 0 radical (unpaired) electrons. The molecule has 0 atom stereocenters. The number of fused-ring (bicyclic) bond motifs is 1. The van der Waals surface area contributed by atoms with Crippen molar-refractivity contribution < 1.29 is 0 Å². The Morgan fingerprint density at radius 1 is 1.26 bits per heavy atom. The van der Waals surface area contributed by atoms with Gasteiger partial charge in [-0.2, -0.15) is 5.26 Å². The number of aromatic nitrogens is 1. The summed E-state index contributed by atoms with van der Waals surface area (Å²) in [4.78, 5) is 5.81. The molecule has 1 aliphatic heterocycles. The lowest BCUT2D eigenvalue weighted by Crippen LogP contribution is -2.34. The van der Waals surface area contributed by atoms with Gasteiger partial charge in [-0.1, -0.05) is 18.2 Å². The van der Waals surface area contributed by atoms with Crippen molar-refractivity contribution in [3.63, 3.8) is 0 Å². The third-order valence-electron chi connectivity index (χ3n) is 4.14. The zero-order valence-electron chi connectivity index (χ0n) is 11.1. The molecule has 3 rings (SSSR count). The molecule has 0 spiro atoms. The predicted octanol–water partition coefficient (Wildman–Crippen LogP) is 2.95. The molecular formula is C16H19N3. The number of hydrogen-bond donors (Lipinski definition) is 1. The van der Waals surface area contributed by atoms with Gasteiger partial charge in [-0.3, -0.25) is 0 Å². The zero-order chi connectivity index (χ0) is 13.1. The van der Waals surface area contributed by atoms with Gasteiger partial charge in [-0.15, -0.1) is 0 Å². The van der Waals surface area contributed by atoms with Crippen LogP contribution in [0.25, 0.3) is 10.9 Å². The van der Waals surface area contributed by atoms with E-state index in [0.717, 1.165) is 38.9 Å². The fourth-order valence-corrected chi connectivity index (χ4v) is 2.90. The molecule has 1 aromatic carbocycles. The second-order valence-electron chi connectivity index (χ2n) is 5.35. The lowest BCUT2D eigenvalue weighted by atomic mass is 9.98. The van der Waals surface area contributed by atoms with Crippen molar-refractivity contribution >= 4 is 10.9 Å². The summed E-state index contributed by atoms with van der Waals surface area (Å²) in [5, 5.41) is 10.2. The fraction of sp³-hybridized carbons (Fsp3) is 0.438. The van der Waals surface area contributed by atoms with Crippen molar-refractivity contribution in [2.75, 3.05) is 19.6 Å². The average molecular weight is 253 g/mol. The highest BCUT2D eigenvalue weighted by molar-refractivity contribution is 5.83. The first-order chi connectivity index (χ1) is 9.36. The number of likely N-dealkylation sites (tertiary alicyclic amines) is 1. The molecule has 2 aromatic rings. The summed E-state index contributed by atoms with van der Waals surface area (Å²) in [6.07, 6.45) is 5.28. The van der Waals surface area contributed by atoms with Gasteiger partial charge in [0.15, 0.2) is 0 Å². The molecule has 19 heavy (non-hydrogen) atoms. The van der Waals surface area contributed by atoms with Crippen molar-refractivity contribution in [1.82, 2.24) is 9.88 Å². The Bertz CT molecular complexity index is 585. The van der Waals surface area contributed by atoms with E-state index in [4.69, 9.17) is 5.26 Å². The molecular weight excluding hydrogens is 234 g/mol. The standard InChI is InChI=1S/C16H19N3/c17-11-13-5-8-19(9-6-13)10-7-14-12-18-16-4-2-1-3-15(14)16/h1-4,12-13,18H,5-10H2. The van der Waals surface area contributed by atoms with Crippen molar-refractivity contribution in [2.45, 2.75) is 19.3 Å². The highest BCUT2D eigenvalue weighted by Gasteiger charge is 2.18. The van der Waals surface area contributed by atoms with E-state index in [9.17, 15) is 0 Å². The minimum absolute atomic E-state index is 0.282. The first-order valence-electron chi connectivity index (χ1n) is 7.04. The molecule has 0 amide bonds. The molecule has 0 unspecified atom stereocenters. The van der Waals surface area contributed by atoms with Crippen molar-refractivity contribution in [2.24, 2.45) is 5.92 Å². The highest BCUT2D eigenvalue weighted by atomic mass is 15.1. The monoisotopic (exact) mass is 253 g/mol. The lowest BCUT2D eigenvalue weighted by Gasteiger charge is -2.28. The van der Waals surface area contributed by atoms with Crippen molar-refractivity contribution in [1.29, 1.82) is 5.26 Å². The Morgan fingerprint density at radius 3 is 2.84 bits per heavy atom. The number of aromatic amines is 1. The third kappa shape index (κ3) is 2.64. The topological polar surface area (TPSA) is 42.8 Å². The van der Waals surface area contributed by atoms with Crippen LogP contribution in [0.15, 0.2) is 30.5 Å². The van der Waals surface area contributed by atoms with E-state index < -0.39 is 0 Å². The average Bonchev–Trinajstić information content (AvgIpc) is 2.89. The number of benzene rings is 1. The van der Waals surface area contributed by atoms with Gasteiger partial charge in [0.1, 0.15) is 0 Å². The van der Waals surface area contributed by atoms with Crippen LogP contribution < -0.4 is 0 Å². The van der Waals surface area contributed by atoms with E-state index in [2.05, 4.69) is 46.4 Å². The lowest BCUT2D eigenvalue weighted by molar-refractivity contribution is 0.208. The van der Waals surface area contributed by atoms with Gasteiger partial charge in [0.2, 0.25) is 0 Å². The van der Waals surface area contributed by atoms with Gasteiger partial charge in [-0.05, 0) is 44.0 Å². The van der Waals surface area contributed by atoms with E-state index in [1.165, 1.54) is 16.5 Å². The number of para-hydroxylation sites is 1. The van der Waals surface area contributed by atoms with E-state index in [0.29, 0.717) is 0 Å². The summed E-state index contributed by atoms with van der Waals surface area (Å²) in [6, 6.07) is 10.9. The Labute approximate surface area is 113 Å². The number of nitrogens with one attached hydrogen (secondary N) is 1. The number of nitrogens with zero attached hydrogens (tertiary/aromatic N) is 2. The van der Waals surface area contributed by atoms with Crippen LogP contribution in [0, 0.1) is 17.2 Å². The molecule has 3 heteroatoms. The summed E-state index contributed by atoms with van der Waals surface area (Å²) >= 11 is 0. The molecule has 3 nitrogen and oxygen atoms in total. The van der Waals surface area contributed by atoms with Crippen LogP contribution in [0.1, 0.15) is 18.4 Å². The second-order valence-corrected chi connectivity index (χ2v) is 5.35. The van der Waals surface area contributed by atoms with Gasteiger partial charge in [0.25, 0.3) is 0 Å². The maximum atomic E-state index is 8.90. The smallest absolute Gasteiger partial charge is 0.0656 e. The minimum atomic E-state index is 0.282. The summed E-state index contributed by atoms with van der Waals surface area (Å²) < 4.78 is 0. The zero-order valence-corrected chi connectivity index (χ0v) is 11.1. The molecule has 1 aromatic heterocycles. The van der Waals surface area contributed by atoms with Crippen molar-refractivity contribution in [3.05, 3.63) is 36.0 Å². The maximum Gasteiger partial charge on any atom is 0.0656 e. The van der Waals surface area contributed by atoms with Gasteiger partial charge >= 0.3 is 0 Å². The SMILES string of the molecule is N#CC1CCN(CCc2c[nH]c3ccccc23)CC1. The summed E-state index contributed by atoms with van der Waals surface area (Å²) in [5.74, 6) is 0.282. The maximum absolute atomic E-state index is 8.90. The van der Waals surface area contributed by atoms with E-state index in [1.807, 2.05) is 0 Å². The molecule has 0 aliphatic carbocycles. The van der Waals surface area contributed by atoms with Gasteiger partial charge in [-0.25, -0.2) is 0 Å². The van der Waals surface area contributed by atoms with Crippen molar-refractivity contribution in [3.8, 4) is 6.07 Å². The quantitative estimate of drug-likeness (QED) is 0.914. The number of nitriles is 1. The Balaban J connectivity index is 1.60. The first-order valence-corrected chi connectivity index (χ1v) is 7.04. The van der Waals surface area contributed by atoms with Crippen LogP contribution in [-0.2, 0) is 6.42 Å². The first kappa shape index (κ1) is 12.3. The van der Waals surface area contributed by atoms with E-state index in [-0.39, 0.29) is 5.92 Å². The van der Waals surface area contributed by atoms with Crippen LogP contribution in [0.3, 0.4) is 0 Å². The molecule has 0 saturated carbocycles. The van der Waals surface area contributed by atoms with Crippen LogP contribution >= 0.6 is 0 Å². The molecule has 2 heterocycles. The molecule has 1 fully saturated rings. The molecule has 98 valence electrons. The fourth-order valence-electron chi connectivity index (χ4n) is 2.90. The molecule has 0 bridgehead atoms. The summed E-state index contributed by atoms with van der Waals surface area (Å²) in [5.41, 5.74) is 2.62. The highest BCUT2D eigenvalue weighted by Crippen LogP contribution is 2.20. The third-order valence-corrected chi connectivity index (χ3v) is 4.14. The molecule has 1 N–H and O–H groups in total. The predicted molar refractivity (Wildman–Crippen MR) is 76.8 cm³/mol. The second kappa shape index (κ2) is 5.46. The van der Waals surface area contributed by atoms with Crippen LogP contribution in [0.2, 0.25) is 0 Å². The van der Waals surface area contributed by atoms with Crippen LogP contribution in [0.4, 0.5) is 0 Å². The van der Waals surface area contributed by atoms with Crippen LogP contribution in [-0.4, -0.2) is 29.5 Å². The molecule has 1 aliphatic rings. The minimum Gasteiger partial charge on any atom is -0.361 e. The molecule has 1 saturated heterocycles.